The number of hydrogen-bond donors (Lipinski definition) is 2. The number of aromatic nitrogens is 3. The summed E-state index contributed by atoms with van der Waals surface area (Å²) >= 11 is 0. The number of carbonyl (C=O) groups excluding carboxylic acids is 1. The van der Waals surface area contributed by atoms with E-state index in [0.717, 1.165) is 11.4 Å². The van der Waals surface area contributed by atoms with Crippen LogP contribution in [0.3, 0.4) is 0 Å². The Morgan fingerprint density at radius 3 is 2.54 bits per heavy atom. The van der Waals surface area contributed by atoms with Gasteiger partial charge in [0.2, 0.25) is 0 Å². The van der Waals surface area contributed by atoms with Gasteiger partial charge in [-0.1, -0.05) is 12.1 Å². The average molecular weight is 360 g/mol. The van der Waals surface area contributed by atoms with Crippen molar-refractivity contribution in [1.29, 1.82) is 0 Å². The lowest BCUT2D eigenvalue weighted by atomic mass is 10.2. The molecule has 0 atom stereocenters. The van der Waals surface area contributed by atoms with Crippen molar-refractivity contribution in [3.8, 4) is 11.4 Å². The summed E-state index contributed by atoms with van der Waals surface area (Å²) in [5.74, 6) is -0.471. The Hall–Kier alpha value is -2.90. The van der Waals surface area contributed by atoms with Gasteiger partial charge in [0.25, 0.3) is 5.91 Å². The van der Waals surface area contributed by atoms with Gasteiger partial charge in [0.05, 0.1) is 17.5 Å². The Kier molecular flexibility index (Phi) is 6.71. The molecule has 0 unspecified atom stereocenters. The molecule has 140 valence electrons. The Morgan fingerprint density at radius 1 is 1.27 bits per heavy atom. The minimum Gasteiger partial charge on any atom is -0.491 e. The number of ether oxygens (including phenoxy) is 1. The van der Waals surface area contributed by atoms with E-state index in [4.69, 9.17) is 9.84 Å². The van der Waals surface area contributed by atoms with Crippen molar-refractivity contribution in [2.45, 2.75) is 46.1 Å². The molecular formula is C18H24N4O4. The Labute approximate surface area is 152 Å². The molecule has 1 heterocycles. The zero-order valence-corrected chi connectivity index (χ0v) is 15.2. The van der Waals surface area contributed by atoms with E-state index in [1.807, 2.05) is 45.0 Å². The van der Waals surface area contributed by atoms with Crippen molar-refractivity contribution in [1.82, 2.24) is 20.3 Å². The maximum Gasteiger partial charge on any atom is 0.303 e. The van der Waals surface area contributed by atoms with Crippen molar-refractivity contribution in [3.05, 3.63) is 35.7 Å². The minimum atomic E-state index is -0.885. The van der Waals surface area contributed by atoms with E-state index in [2.05, 4.69) is 15.6 Å². The molecule has 0 aliphatic heterocycles. The maximum absolute atomic E-state index is 12.3. The molecule has 8 heteroatoms. The molecule has 0 spiro atoms. The molecule has 2 rings (SSSR count). The van der Waals surface area contributed by atoms with E-state index in [1.165, 1.54) is 0 Å². The highest BCUT2D eigenvalue weighted by molar-refractivity contribution is 5.93. The van der Waals surface area contributed by atoms with E-state index in [-0.39, 0.29) is 30.7 Å². The zero-order valence-electron chi connectivity index (χ0n) is 15.2. The van der Waals surface area contributed by atoms with Gasteiger partial charge in [-0.05, 0) is 51.0 Å². The molecular weight excluding hydrogens is 336 g/mol. The first-order valence-electron chi connectivity index (χ1n) is 8.64. The van der Waals surface area contributed by atoms with Crippen molar-refractivity contribution in [3.63, 3.8) is 0 Å². The lowest BCUT2D eigenvalue weighted by Crippen LogP contribution is -2.26. The van der Waals surface area contributed by atoms with Gasteiger partial charge in [0.1, 0.15) is 5.75 Å². The van der Waals surface area contributed by atoms with Gasteiger partial charge in [0.15, 0.2) is 5.69 Å². The highest BCUT2D eigenvalue weighted by atomic mass is 16.5. The maximum atomic E-state index is 12.3. The third kappa shape index (κ3) is 5.05. The number of carboxylic acid groups (broad SMARTS) is 1. The second-order valence-corrected chi connectivity index (χ2v) is 6.06. The Morgan fingerprint density at radius 2 is 1.96 bits per heavy atom. The molecule has 1 aromatic heterocycles. The molecule has 2 aromatic rings. The number of carbonyl (C=O) groups is 2. The number of nitrogens with one attached hydrogen (secondary N) is 1. The lowest BCUT2D eigenvalue weighted by molar-refractivity contribution is -0.137. The van der Waals surface area contributed by atoms with Crippen LogP contribution in [0.25, 0.3) is 5.69 Å². The van der Waals surface area contributed by atoms with Gasteiger partial charge in [-0.3, -0.25) is 9.59 Å². The topological polar surface area (TPSA) is 106 Å². The Balaban J connectivity index is 2.11. The van der Waals surface area contributed by atoms with Crippen LogP contribution in [0.5, 0.6) is 5.75 Å². The second kappa shape index (κ2) is 8.98. The lowest BCUT2D eigenvalue weighted by Gasteiger charge is -2.11. The normalized spacial score (nSPS) is 10.8. The summed E-state index contributed by atoms with van der Waals surface area (Å²) in [5.41, 5.74) is 1.74. The van der Waals surface area contributed by atoms with Crippen LogP contribution in [0.4, 0.5) is 0 Å². The summed E-state index contributed by atoms with van der Waals surface area (Å²) in [5, 5.41) is 19.4. The predicted molar refractivity (Wildman–Crippen MR) is 95.7 cm³/mol. The number of rotatable bonds is 9. The number of hydrogen-bond acceptors (Lipinski definition) is 5. The molecule has 0 aliphatic rings. The fourth-order valence-electron chi connectivity index (χ4n) is 2.47. The van der Waals surface area contributed by atoms with Gasteiger partial charge in [0, 0.05) is 13.0 Å². The van der Waals surface area contributed by atoms with Crippen molar-refractivity contribution >= 4 is 11.9 Å². The molecule has 1 amide bonds. The minimum absolute atomic E-state index is 0.0123. The van der Waals surface area contributed by atoms with Crippen molar-refractivity contribution in [2.24, 2.45) is 0 Å². The van der Waals surface area contributed by atoms with Crippen LogP contribution in [0.1, 0.15) is 49.8 Å². The summed E-state index contributed by atoms with van der Waals surface area (Å²) in [4.78, 5) is 22.8. The summed E-state index contributed by atoms with van der Waals surface area (Å²) < 4.78 is 7.26. The van der Waals surface area contributed by atoms with E-state index < -0.39 is 5.97 Å². The highest BCUT2D eigenvalue weighted by Gasteiger charge is 2.19. The summed E-state index contributed by atoms with van der Waals surface area (Å²) in [6.07, 6.45) is 1.05. The molecule has 26 heavy (non-hydrogen) atoms. The van der Waals surface area contributed by atoms with Crippen molar-refractivity contribution in [2.75, 3.05) is 6.54 Å². The van der Waals surface area contributed by atoms with E-state index in [1.54, 1.807) is 4.68 Å². The smallest absolute Gasteiger partial charge is 0.303 e. The Bertz CT molecular complexity index is 753. The molecule has 8 nitrogen and oxygen atoms in total. The third-order valence-corrected chi connectivity index (χ3v) is 3.62. The first kappa shape index (κ1) is 19.4. The van der Waals surface area contributed by atoms with Crippen LogP contribution in [-0.2, 0) is 11.2 Å². The van der Waals surface area contributed by atoms with Gasteiger partial charge >= 0.3 is 5.97 Å². The fraction of sp³-hybridized carbons (Fsp3) is 0.444. The molecule has 2 N–H and O–H groups in total. The first-order valence-corrected chi connectivity index (χ1v) is 8.64. The standard InChI is InChI=1S/C18H24N4O4/c1-4-15-17(18(25)19-11-5-6-16(23)24)20-21-22(15)13-7-9-14(10-8-13)26-12(2)3/h7-10,12H,4-6,11H2,1-3H3,(H,19,25)(H,23,24). The molecule has 0 bridgehead atoms. The molecule has 0 fully saturated rings. The van der Waals surface area contributed by atoms with Crippen LogP contribution in [0, 0.1) is 0 Å². The summed E-state index contributed by atoms with van der Waals surface area (Å²) in [6, 6.07) is 7.42. The fourth-order valence-corrected chi connectivity index (χ4v) is 2.47. The van der Waals surface area contributed by atoms with Gasteiger partial charge in [-0.15, -0.1) is 5.10 Å². The van der Waals surface area contributed by atoms with Gasteiger partial charge < -0.3 is 15.2 Å². The van der Waals surface area contributed by atoms with Gasteiger partial charge in [-0.2, -0.15) is 0 Å². The van der Waals surface area contributed by atoms with E-state index in [9.17, 15) is 9.59 Å². The average Bonchev–Trinajstić information content (AvgIpc) is 3.02. The number of nitrogens with zero attached hydrogens (tertiary/aromatic N) is 3. The quantitative estimate of drug-likeness (QED) is 0.664. The first-order chi connectivity index (χ1) is 12.4. The largest absolute Gasteiger partial charge is 0.491 e. The van der Waals surface area contributed by atoms with Crippen LogP contribution >= 0.6 is 0 Å². The number of benzene rings is 1. The highest BCUT2D eigenvalue weighted by Crippen LogP contribution is 2.18. The molecule has 0 saturated heterocycles. The van der Waals surface area contributed by atoms with Crippen LogP contribution in [-0.4, -0.2) is 44.6 Å². The SMILES string of the molecule is CCc1c(C(=O)NCCCC(=O)O)nnn1-c1ccc(OC(C)C)cc1. The third-order valence-electron chi connectivity index (χ3n) is 3.62. The van der Waals surface area contributed by atoms with Crippen LogP contribution in [0.15, 0.2) is 24.3 Å². The van der Waals surface area contributed by atoms with Crippen LogP contribution < -0.4 is 10.1 Å². The van der Waals surface area contributed by atoms with Crippen molar-refractivity contribution < 1.29 is 19.4 Å². The van der Waals surface area contributed by atoms with E-state index in [0.29, 0.717) is 18.5 Å². The molecule has 0 saturated carbocycles. The molecule has 1 aromatic carbocycles. The zero-order chi connectivity index (χ0) is 19.1. The number of aliphatic carboxylic acids is 1. The monoisotopic (exact) mass is 360 g/mol. The number of amides is 1. The van der Waals surface area contributed by atoms with E-state index >= 15 is 0 Å². The molecule has 0 radical (unpaired) electrons. The summed E-state index contributed by atoms with van der Waals surface area (Å²) in [7, 11) is 0. The van der Waals surface area contributed by atoms with Gasteiger partial charge in [-0.25, -0.2) is 4.68 Å². The number of carboxylic acids is 1. The predicted octanol–water partition coefficient (Wildman–Crippen LogP) is 2.21. The molecule has 0 aliphatic carbocycles. The second-order valence-electron chi connectivity index (χ2n) is 6.06. The summed E-state index contributed by atoms with van der Waals surface area (Å²) in [6.45, 7) is 6.12. The van der Waals surface area contributed by atoms with Crippen LogP contribution in [0.2, 0.25) is 0 Å².